The van der Waals surface area contributed by atoms with Gasteiger partial charge in [0.15, 0.2) is 0 Å². The maximum Gasteiger partial charge on any atom is 0.425 e. The zero-order chi connectivity index (χ0) is 24.6. The number of halogens is 1. The van der Waals surface area contributed by atoms with Crippen LogP contribution < -0.4 is 4.90 Å². The number of anilines is 1. The van der Waals surface area contributed by atoms with Crippen molar-refractivity contribution in [2.24, 2.45) is 0 Å². The highest BCUT2D eigenvalue weighted by Gasteiger charge is 2.33. The number of carbonyl (C=O) groups is 2. The Bertz CT molecular complexity index is 1130. The Labute approximate surface area is 196 Å². The van der Waals surface area contributed by atoms with Gasteiger partial charge in [0.2, 0.25) is 0 Å². The van der Waals surface area contributed by atoms with Gasteiger partial charge in [-0.3, -0.25) is 0 Å². The number of pyridine rings is 2. The summed E-state index contributed by atoms with van der Waals surface area (Å²) in [5, 5.41) is 12.0. The molecule has 0 aromatic carbocycles. The van der Waals surface area contributed by atoms with Gasteiger partial charge >= 0.3 is 12.2 Å². The number of nitrogens with zero attached hydrogens (tertiary/aromatic N) is 3. The summed E-state index contributed by atoms with van der Waals surface area (Å²) in [4.78, 5) is 37.6. The molecule has 0 saturated carbocycles. The summed E-state index contributed by atoms with van der Waals surface area (Å²) in [6.07, 6.45) is 1.63. The van der Waals surface area contributed by atoms with Crippen molar-refractivity contribution in [2.45, 2.75) is 58.8 Å². The van der Waals surface area contributed by atoms with E-state index in [1.807, 2.05) is 0 Å². The summed E-state index contributed by atoms with van der Waals surface area (Å²) in [6, 6.07) is 4.70. The fourth-order valence-electron chi connectivity index (χ4n) is 2.97. The van der Waals surface area contributed by atoms with Crippen molar-refractivity contribution < 1.29 is 24.2 Å². The van der Waals surface area contributed by atoms with Crippen LogP contribution in [0.15, 0.2) is 36.8 Å². The molecule has 0 aliphatic rings. The SMILES string of the molecule is CC(C)(C)OC(=O)N(C(=O)OC(C)(C)C)c1ccc(C(O)c2c[nH]c3ncc(Cl)cc23)cn1. The van der Waals surface area contributed by atoms with Crippen LogP contribution in [0.4, 0.5) is 15.4 Å². The molecule has 0 saturated heterocycles. The molecule has 0 aliphatic carbocycles. The molecule has 2 N–H and O–H groups in total. The van der Waals surface area contributed by atoms with E-state index in [9.17, 15) is 14.7 Å². The molecule has 3 aromatic rings. The van der Waals surface area contributed by atoms with Gasteiger partial charge in [-0.05, 0) is 53.7 Å². The predicted molar refractivity (Wildman–Crippen MR) is 124 cm³/mol. The average Bonchev–Trinajstić information content (AvgIpc) is 3.08. The first kappa shape index (κ1) is 24.5. The lowest BCUT2D eigenvalue weighted by Gasteiger charge is -2.28. The summed E-state index contributed by atoms with van der Waals surface area (Å²) >= 11 is 6.04. The van der Waals surface area contributed by atoms with Gasteiger partial charge < -0.3 is 19.6 Å². The molecule has 2 amide bonds. The number of H-pyrrole nitrogens is 1. The summed E-state index contributed by atoms with van der Waals surface area (Å²) < 4.78 is 10.7. The topological polar surface area (TPSA) is 118 Å². The van der Waals surface area contributed by atoms with E-state index in [-0.39, 0.29) is 5.82 Å². The molecule has 1 unspecified atom stereocenters. The minimum atomic E-state index is -1.04. The Balaban J connectivity index is 1.92. The molecule has 33 heavy (non-hydrogen) atoms. The number of ether oxygens (including phenoxy) is 2. The van der Waals surface area contributed by atoms with Crippen LogP contribution >= 0.6 is 11.6 Å². The Morgan fingerprint density at radius 2 is 1.64 bits per heavy atom. The summed E-state index contributed by atoms with van der Waals surface area (Å²) in [6.45, 7) is 10.1. The highest BCUT2D eigenvalue weighted by Crippen LogP contribution is 2.30. The monoisotopic (exact) mass is 474 g/mol. The number of imide groups is 1. The van der Waals surface area contributed by atoms with Crippen LogP contribution in [0.2, 0.25) is 5.02 Å². The standard InChI is InChI=1S/C23H27ClN4O5/c1-22(2,3)32-20(30)28(21(31)33-23(4,5)6)17-8-7-13(10-25-17)18(29)16-12-27-19-15(16)9-14(24)11-26-19/h7-12,18,29H,1-6H3,(H,26,27). The van der Waals surface area contributed by atoms with E-state index in [1.165, 1.54) is 18.5 Å². The van der Waals surface area contributed by atoms with Gasteiger partial charge in [0.05, 0.1) is 5.02 Å². The molecular formula is C23H27ClN4O5. The highest BCUT2D eigenvalue weighted by molar-refractivity contribution is 6.31. The lowest BCUT2D eigenvalue weighted by atomic mass is 10.0. The number of fused-ring (bicyclic) bond motifs is 1. The smallest absolute Gasteiger partial charge is 0.425 e. The molecule has 0 bridgehead atoms. The normalized spacial score (nSPS) is 13.0. The van der Waals surface area contributed by atoms with Gasteiger partial charge in [0.1, 0.15) is 28.8 Å². The van der Waals surface area contributed by atoms with Crippen molar-refractivity contribution >= 4 is 40.6 Å². The number of carbonyl (C=O) groups excluding carboxylic acids is 2. The largest absolute Gasteiger partial charge is 0.443 e. The van der Waals surface area contributed by atoms with Gasteiger partial charge in [-0.15, -0.1) is 0 Å². The lowest BCUT2D eigenvalue weighted by molar-refractivity contribution is 0.0429. The first-order valence-electron chi connectivity index (χ1n) is 10.3. The van der Waals surface area contributed by atoms with Crippen LogP contribution in [0, 0.1) is 0 Å². The number of aliphatic hydroxyl groups is 1. The molecule has 3 rings (SSSR count). The molecule has 0 spiro atoms. The van der Waals surface area contributed by atoms with Crippen LogP contribution in [-0.2, 0) is 9.47 Å². The van der Waals surface area contributed by atoms with Gasteiger partial charge in [-0.25, -0.2) is 19.6 Å². The highest BCUT2D eigenvalue weighted by atomic mass is 35.5. The van der Waals surface area contributed by atoms with E-state index in [0.717, 1.165) is 4.90 Å². The predicted octanol–water partition coefficient (Wildman–Crippen LogP) is 5.37. The van der Waals surface area contributed by atoms with E-state index < -0.39 is 29.5 Å². The first-order chi connectivity index (χ1) is 15.2. The second-order valence-corrected chi connectivity index (χ2v) is 9.88. The molecule has 0 aliphatic heterocycles. The lowest BCUT2D eigenvalue weighted by Crippen LogP contribution is -2.44. The van der Waals surface area contributed by atoms with Crippen LogP contribution in [-0.4, -0.2) is 43.4 Å². The minimum absolute atomic E-state index is 0.00177. The van der Waals surface area contributed by atoms with Gasteiger partial charge in [0, 0.05) is 35.1 Å². The van der Waals surface area contributed by atoms with Crippen molar-refractivity contribution in [1.82, 2.24) is 15.0 Å². The molecule has 0 radical (unpaired) electrons. The van der Waals surface area contributed by atoms with Crippen molar-refractivity contribution in [3.8, 4) is 0 Å². The van der Waals surface area contributed by atoms with Crippen molar-refractivity contribution in [2.75, 3.05) is 4.90 Å². The molecular weight excluding hydrogens is 448 g/mol. The number of rotatable bonds is 3. The van der Waals surface area contributed by atoms with E-state index in [1.54, 1.807) is 59.9 Å². The number of nitrogens with one attached hydrogen (secondary N) is 1. The molecule has 3 heterocycles. The third-order valence-corrected chi connectivity index (χ3v) is 4.50. The Hall–Kier alpha value is -3.17. The number of aromatic amines is 1. The van der Waals surface area contributed by atoms with E-state index >= 15 is 0 Å². The maximum atomic E-state index is 12.8. The van der Waals surface area contributed by atoms with Crippen LogP contribution in [0.5, 0.6) is 0 Å². The zero-order valence-electron chi connectivity index (χ0n) is 19.3. The van der Waals surface area contributed by atoms with Gasteiger partial charge in [-0.1, -0.05) is 17.7 Å². The van der Waals surface area contributed by atoms with Crippen molar-refractivity contribution in [3.05, 3.63) is 52.9 Å². The second kappa shape index (κ2) is 8.99. The molecule has 1 atom stereocenters. The Morgan fingerprint density at radius 3 is 2.15 bits per heavy atom. The fourth-order valence-corrected chi connectivity index (χ4v) is 3.13. The molecule has 176 valence electrons. The maximum absolute atomic E-state index is 12.8. The number of hydrogen-bond donors (Lipinski definition) is 2. The summed E-state index contributed by atoms with van der Waals surface area (Å²) in [7, 11) is 0. The second-order valence-electron chi connectivity index (χ2n) is 9.44. The third-order valence-electron chi connectivity index (χ3n) is 4.29. The Morgan fingerprint density at radius 1 is 1.03 bits per heavy atom. The zero-order valence-corrected chi connectivity index (χ0v) is 20.1. The number of hydrogen-bond acceptors (Lipinski definition) is 7. The van der Waals surface area contributed by atoms with E-state index in [2.05, 4.69) is 15.0 Å². The van der Waals surface area contributed by atoms with Crippen LogP contribution in [0.1, 0.15) is 58.8 Å². The molecule has 9 nitrogen and oxygen atoms in total. The summed E-state index contributed by atoms with van der Waals surface area (Å²) in [5.74, 6) is -0.00177. The third kappa shape index (κ3) is 6.00. The summed E-state index contributed by atoms with van der Waals surface area (Å²) in [5.41, 5.74) is -0.0892. The van der Waals surface area contributed by atoms with E-state index in [4.69, 9.17) is 21.1 Å². The quantitative estimate of drug-likeness (QED) is 0.523. The number of amides is 2. The first-order valence-corrected chi connectivity index (χ1v) is 10.7. The van der Waals surface area contributed by atoms with Crippen molar-refractivity contribution in [1.29, 1.82) is 0 Å². The Kier molecular flexibility index (Phi) is 6.67. The molecule has 10 heteroatoms. The number of aromatic nitrogens is 3. The minimum Gasteiger partial charge on any atom is -0.443 e. The number of aliphatic hydroxyl groups excluding tert-OH is 1. The average molecular weight is 475 g/mol. The van der Waals surface area contributed by atoms with Crippen molar-refractivity contribution in [3.63, 3.8) is 0 Å². The van der Waals surface area contributed by atoms with E-state index in [0.29, 0.717) is 27.2 Å². The van der Waals surface area contributed by atoms with Gasteiger partial charge in [-0.2, -0.15) is 4.90 Å². The van der Waals surface area contributed by atoms with Gasteiger partial charge in [0.25, 0.3) is 0 Å². The van der Waals surface area contributed by atoms with Crippen LogP contribution in [0.25, 0.3) is 11.0 Å². The molecule has 3 aromatic heterocycles. The fraction of sp³-hybridized carbons (Fsp3) is 0.391. The van der Waals surface area contributed by atoms with Crippen LogP contribution in [0.3, 0.4) is 0 Å². The molecule has 0 fully saturated rings.